The molecule has 0 aliphatic carbocycles. The lowest BCUT2D eigenvalue weighted by atomic mass is 10.1. The zero-order valence-electron chi connectivity index (χ0n) is 6.00. The summed E-state index contributed by atoms with van der Waals surface area (Å²) >= 11 is 0. The molecule has 0 saturated heterocycles. The molecule has 0 saturated carbocycles. The van der Waals surface area contributed by atoms with Crippen LogP contribution in [0.5, 0.6) is 0 Å². The molecule has 0 aliphatic rings. The fourth-order valence-electron chi connectivity index (χ4n) is 0.688. The average Bonchev–Trinajstić information content (AvgIpc) is 1.83. The first-order valence-corrected chi connectivity index (χ1v) is 3.00. The van der Waals surface area contributed by atoms with Gasteiger partial charge in [-0.15, -0.1) is 0 Å². The second kappa shape index (κ2) is 2.22. The van der Waals surface area contributed by atoms with E-state index in [2.05, 4.69) is 25.1 Å². The van der Waals surface area contributed by atoms with Crippen molar-refractivity contribution in [3.63, 3.8) is 0 Å². The minimum atomic E-state index is 1.17. The molecule has 0 fully saturated rings. The highest BCUT2D eigenvalue weighted by Crippen LogP contribution is 2.08. The third-order valence-electron chi connectivity index (χ3n) is 1.62. The Labute approximate surface area is 56.5 Å². The zero-order valence-corrected chi connectivity index (χ0v) is 6.00. The van der Waals surface area contributed by atoms with E-state index in [-0.39, 0.29) is 0 Å². The third-order valence-corrected chi connectivity index (χ3v) is 1.62. The molecule has 0 aliphatic heterocycles. The number of benzene rings is 1. The van der Waals surface area contributed by atoms with Crippen LogP contribution in [0.1, 0.15) is 16.7 Å². The van der Waals surface area contributed by atoms with Crippen molar-refractivity contribution >= 4 is 0 Å². The van der Waals surface area contributed by atoms with Crippen LogP contribution >= 0.6 is 0 Å². The van der Waals surface area contributed by atoms with Crippen molar-refractivity contribution in [2.75, 3.05) is 0 Å². The lowest BCUT2D eigenvalue weighted by molar-refractivity contribution is 1.25. The van der Waals surface area contributed by atoms with Crippen molar-refractivity contribution < 1.29 is 0 Å². The van der Waals surface area contributed by atoms with E-state index in [4.69, 9.17) is 0 Å². The molecule has 0 heteroatoms. The van der Waals surface area contributed by atoms with E-state index in [1.807, 2.05) is 13.8 Å². The van der Waals surface area contributed by atoms with Crippen molar-refractivity contribution in [2.45, 2.75) is 20.8 Å². The second-order valence-electron chi connectivity index (χ2n) is 2.25. The predicted octanol–water partition coefficient (Wildman–Crippen LogP) is 2.01. The van der Waals surface area contributed by atoms with Crippen LogP contribution in [0.15, 0.2) is 0 Å². The van der Waals surface area contributed by atoms with Gasteiger partial charge >= 0.3 is 0 Å². The molecular weight excluding hydrogens is 108 g/mol. The summed E-state index contributed by atoms with van der Waals surface area (Å²) in [5, 5.41) is 0. The summed E-state index contributed by atoms with van der Waals surface area (Å²) in [6, 6.07) is 8.74. The molecule has 0 atom stereocenters. The van der Waals surface area contributed by atoms with Gasteiger partial charge in [0.1, 0.15) is 0 Å². The van der Waals surface area contributed by atoms with E-state index in [1.54, 1.807) is 0 Å². The Kier molecular flexibility index (Phi) is 1.56. The molecule has 0 amide bonds. The number of hydrogen-bond donors (Lipinski definition) is 0. The van der Waals surface area contributed by atoms with Crippen LogP contribution in [0.3, 0.4) is 0 Å². The molecule has 45 valence electrons. The SMILES string of the molecule is Cc1[c][c][c]c(C)c1C. The lowest BCUT2D eigenvalue weighted by Crippen LogP contribution is -1.84. The summed E-state index contributed by atoms with van der Waals surface area (Å²) in [4.78, 5) is 0. The van der Waals surface area contributed by atoms with E-state index in [0.29, 0.717) is 0 Å². The zero-order chi connectivity index (χ0) is 6.85. The Morgan fingerprint density at radius 3 is 1.67 bits per heavy atom. The van der Waals surface area contributed by atoms with Crippen LogP contribution in [-0.4, -0.2) is 0 Å². The Morgan fingerprint density at radius 2 is 1.33 bits per heavy atom. The van der Waals surface area contributed by atoms with Crippen LogP contribution in [0.25, 0.3) is 0 Å². The maximum Gasteiger partial charge on any atom is -0.000793 e. The fraction of sp³-hybridized carbons (Fsp3) is 0.333. The first kappa shape index (κ1) is 6.34. The monoisotopic (exact) mass is 117 g/mol. The Balaban J connectivity index is 3.25. The summed E-state index contributed by atoms with van der Waals surface area (Å²) in [6.07, 6.45) is 0. The Hall–Kier alpha value is -0.780. The van der Waals surface area contributed by atoms with Gasteiger partial charge in [-0.25, -0.2) is 0 Å². The van der Waals surface area contributed by atoms with Crippen LogP contribution in [0.4, 0.5) is 0 Å². The molecule has 0 heterocycles. The minimum absolute atomic E-state index is 1.17. The molecule has 0 bridgehead atoms. The summed E-state index contributed by atoms with van der Waals surface area (Å²) in [5.74, 6) is 0. The maximum atomic E-state index is 2.96. The van der Waals surface area contributed by atoms with Crippen LogP contribution in [-0.2, 0) is 0 Å². The molecule has 9 heavy (non-hydrogen) atoms. The molecule has 1 aromatic carbocycles. The summed E-state index contributed by atoms with van der Waals surface area (Å²) < 4.78 is 0. The molecule has 1 aromatic rings. The van der Waals surface area contributed by atoms with Gasteiger partial charge in [0.05, 0.1) is 0 Å². The maximum absolute atomic E-state index is 2.96. The van der Waals surface area contributed by atoms with Crippen molar-refractivity contribution in [3.05, 3.63) is 34.9 Å². The minimum Gasteiger partial charge on any atom is -0.0440 e. The van der Waals surface area contributed by atoms with Crippen molar-refractivity contribution in [1.29, 1.82) is 0 Å². The Morgan fingerprint density at radius 1 is 0.889 bits per heavy atom. The highest BCUT2D eigenvalue weighted by atomic mass is 14.0. The normalized spacial score (nSPS) is 9.67. The van der Waals surface area contributed by atoms with E-state index >= 15 is 0 Å². The molecule has 0 spiro atoms. The number of rotatable bonds is 0. The van der Waals surface area contributed by atoms with Gasteiger partial charge in [0.25, 0.3) is 0 Å². The van der Waals surface area contributed by atoms with Crippen molar-refractivity contribution in [3.8, 4) is 0 Å². The molecule has 0 unspecified atom stereocenters. The lowest BCUT2D eigenvalue weighted by Gasteiger charge is -1.99. The van der Waals surface area contributed by atoms with Crippen LogP contribution < -0.4 is 0 Å². The van der Waals surface area contributed by atoms with Gasteiger partial charge in [-0.1, -0.05) is 0 Å². The fourth-order valence-corrected chi connectivity index (χ4v) is 0.688. The van der Waals surface area contributed by atoms with Gasteiger partial charge in [0, 0.05) is 0 Å². The average molecular weight is 117 g/mol. The van der Waals surface area contributed by atoms with E-state index in [0.717, 1.165) is 0 Å². The molecule has 0 N–H and O–H groups in total. The van der Waals surface area contributed by atoms with E-state index in [9.17, 15) is 0 Å². The van der Waals surface area contributed by atoms with Gasteiger partial charge in [0.2, 0.25) is 0 Å². The molecule has 0 nitrogen and oxygen atoms in total. The topological polar surface area (TPSA) is 0 Å². The summed E-state index contributed by atoms with van der Waals surface area (Å²) in [6.45, 7) is 6.14. The smallest absolute Gasteiger partial charge is 0.000793 e. The highest BCUT2D eigenvalue weighted by molar-refractivity contribution is 5.29. The van der Waals surface area contributed by atoms with Gasteiger partial charge in [0.15, 0.2) is 0 Å². The molecule has 1 rings (SSSR count). The number of aryl methyl sites for hydroxylation is 2. The first-order chi connectivity index (χ1) is 4.22. The predicted molar refractivity (Wildman–Crippen MR) is 37.2 cm³/mol. The molecule has 0 aromatic heterocycles. The van der Waals surface area contributed by atoms with Gasteiger partial charge < -0.3 is 0 Å². The van der Waals surface area contributed by atoms with E-state index < -0.39 is 0 Å². The van der Waals surface area contributed by atoms with Gasteiger partial charge in [-0.2, -0.15) is 0 Å². The summed E-state index contributed by atoms with van der Waals surface area (Å²) in [5.41, 5.74) is 3.62. The standard InChI is InChI=1S/C9H9/c1-7-5-4-6-8(2)9(7)3/h1-3H3. The van der Waals surface area contributed by atoms with Crippen LogP contribution in [0, 0.1) is 39.0 Å². The quantitative estimate of drug-likeness (QED) is 0.487. The molecular formula is C9H9. The largest absolute Gasteiger partial charge is 0.0440 e. The van der Waals surface area contributed by atoms with E-state index in [1.165, 1.54) is 16.7 Å². The molecule has 3 radical (unpaired) electrons. The van der Waals surface area contributed by atoms with Crippen molar-refractivity contribution in [2.24, 2.45) is 0 Å². The Bertz CT molecular complexity index is 191. The van der Waals surface area contributed by atoms with Crippen molar-refractivity contribution in [1.82, 2.24) is 0 Å². The van der Waals surface area contributed by atoms with Gasteiger partial charge in [-0.3, -0.25) is 0 Å². The second-order valence-corrected chi connectivity index (χ2v) is 2.25. The third kappa shape index (κ3) is 1.13. The van der Waals surface area contributed by atoms with Crippen LogP contribution in [0.2, 0.25) is 0 Å². The number of hydrogen-bond acceptors (Lipinski definition) is 0. The van der Waals surface area contributed by atoms with Gasteiger partial charge in [-0.05, 0) is 55.7 Å². The first-order valence-electron chi connectivity index (χ1n) is 3.00. The summed E-state index contributed by atoms with van der Waals surface area (Å²) in [7, 11) is 0. The highest BCUT2D eigenvalue weighted by Gasteiger charge is 1.93.